The van der Waals surface area contributed by atoms with E-state index in [0.717, 1.165) is 38.3 Å². The molecule has 1 heterocycles. The Morgan fingerprint density at radius 2 is 1.86 bits per heavy atom. The van der Waals surface area contributed by atoms with Gasteiger partial charge in [-0.25, -0.2) is 4.39 Å². The topological polar surface area (TPSA) is 23.6 Å². The fourth-order valence-corrected chi connectivity index (χ4v) is 2.61. The van der Waals surface area contributed by atoms with Crippen molar-refractivity contribution < 1.29 is 9.18 Å². The molecule has 1 fully saturated rings. The van der Waals surface area contributed by atoms with Gasteiger partial charge in [0.05, 0.1) is 0 Å². The van der Waals surface area contributed by atoms with Crippen LogP contribution in [0.15, 0.2) is 24.3 Å². The highest BCUT2D eigenvalue weighted by atomic mass is 19.1. The third-order valence-corrected chi connectivity index (χ3v) is 3.70. The number of amides is 1. The van der Waals surface area contributed by atoms with Gasteiger partial charge < -0.3 is 4.90 Å². The average molecular weight is 292 g/mol. The van der Waals surface area contributed by atoms with E-state index in [4.69, 9.17) is 0 Å². The van der Waals surface area contributed by atoms with Crippen molar-refractivity contribution in [2.24, 2.45) is 5.41 Å². The highest BCUT2D eigenvalue weighted by Gasteiger charge is 2.24. The van der Waals surface area contributed by atoms with E-state index in [9.17, 15) is 9.18 Å². The lowest BCUT2D eigenvalue weighted by Crippen LogP contribution is -2.48. The van der Waals surface area contributed by atoms with E-state index in [2.05, 4.69) is 25.7 Å². The van der Waals surface area contributed by atoms with Crippen LogP contribution in [0.25, 0.3) is 0 Å². The number of rotatable bonds is 3. The molecule has 3 nitrogen and oxygen atoms in total. The first kappa shape index (κ1) is 16.0. The highest BCUT2D eigenvalue weighted by Crippen LogP contribution is 2.20. The van der Waals surface area contributed by atoms with Gasteiger partial charge in [-0.05, 0) is 23.1 Å². The van der Waals surface area contributed by atoms with Gasteiger partial charge >= 0.3 is 0 Å². The van der Waals surface area contributed by atoms with E-state index in [1.54, 1.807) is 12.1 Å². The molecule has 4 heteroatoms. The molecule has 0 radical (unpaired) electrons. The second-order valence-corrected chi connectivity index (χ2v) is 7.02. The number of nitrogens with zero attached hydrogens (tertiary/aromatic N) is 2. The zero-order valence-electron chi connectivity index (χ0n) is 13.2. The largest absolute Gasteiger partial charge is 0.340 e. The van der Waals surface area contributed by atoms with Gasteiger partial charge in [0.1, 0.15) is 5.82 Å². The van der Waals surface area contributed by atoms with Crippen molar-refractivity contribution in [1.29, 1.82) is 0 Å². The minimum atomic E-state index is -0.188. The molecular weight excluding hydrogens is 267 g/mol. The van der Waals surface area contributed by atoms with Crippen molar-refractivity contribution in [3.8, 4) is 0 Å². The van der Waals surface area contributed by atoms with Crippen LogP contribution in [0.4, 0.5) is 4.39 Å². The van der Waals surface area contributed by atoms with E-state index >= 15 is 0 Å². The zero-order valence-corrected chi connectivity index (χ0v) is 13.2. The Bertz CT molecular complexity index is 488. The first-order valence-corrected chi connectivity index (χ1v) is 7.58. The molecular formula is C17H25FN2O. The van der Waals surface area contributed by atoms with Gasteiger partial charge in [0, 0.05) is 39.1 Å². The maximum Gasteiger partial charge on any atom is 0.223 e. The van der Waals surface area contributed by atoms with E-state index in [-0.39, 0.29) is 17.1 Å². The smallest absolute Gasteiger partial charge is 0.223 e. The Balaban J connectivity index is 1.82. The molecule has 0 N–H and O–H groups in total. The van der Waals surface area contributed by atoms with Crippen molar-refractivity contribution in [2.45, 2.75) is 33.7 Å². The molecule has 0 aliphatic carbocycles. The lowest BCUT2D eigenvalue weighted by Gasteiger charge is -2.36. The Hall–Kier alpha value is -1.42. The second-order valence-electron chi connectivity index (χ2n) is 7.02. The van der Waals surface area contributed by atoms with Gasteiger partial charge in [-0.15, -0.1) is 0 Å². The molecule has 116 valence electrons. The number of hydrogen-bond donors (Lipinski definition) is 0. The van der Waals surface area contributed by atoms with Crippen molar-refractivity contribution in [1.82, 2.24) is 9.80 Å². The van der Waals surface area contributed by atoms with E-state index in [0.29, 0.717) is 6.42 Å². The number of piperazine rings is 1. The fourth-order valence-electron chi connectivity index (χ4n) is 2.61. The van der Waals surface area contributed by atoms with Gasteiger partial charge in [-0.3, -0.25) is 9.69 Å². The van der Waals surface area contributed by atoms with Crippen molar-refractivity contribution >= 4 is 5.91 Å². The first-order chi connectivity index (χ1) is 9.83. The van der Waals surface area contributed by atoms with Crippen molar-refractivity contribution in [2.75, 3.05) is 26.2 Å². The Labute approximate surface area is 126 Å². The normalized spacial score (nSPS) is 17.0. The molecule has 1 aliphatic rings. The molecule has 1 saturated heterocycles. The summed E-state index contributed by atoms with van der Waals surface area (Å²) in [7, 11) is 0. The number of carbonyl (C=O) groups excluding carboxylic acids is 1. The van der Waals surface area contributed by atoms with Gasteiger partial charge in [0.2, 0.25) is 5.91 Å². The molecule has 1 aliphatic heterocycles. The number of benzene rings is 1. The summed E-state index contributed by atoms with van der Waals surface area (Å²) in [5.41, 5.74) is 1.03. The van der Waals surface area contributed by atoms with Crippen LogP contribution in [0.1, 0.15) is 32.8 Å². The molecule has 21 heavy (non-hydrogen) atoms. The summed E-state index contributed by atoms with van der Waals surface area (Å²) < 4.78 is 13.2. The summed E-state index contributed by atoms with van der Waals surface area (Å²) >= 11 is 0. The van der Waals surface area contributed by atoms with Crippen LogP contribution >= 0.6 is 0 Å². The monoisotopic (exact) mass is 292 g/mol. The molecule has 0 bridgehead atoms. The summed E-state index contributed by atoms with van der Waals surface area (Å²) in [4.78, 5) is 16.4. The Morgan fingerprint density at radius 1 is 1.19 bits per heavy atom. The summed E-state index contributed by atoms with van der Waals surface area (Å²) in [5.74, 6) is 0.0550. The third kappa shape index (κ3) is 5.12. The molecule has 1 aromatic carbocycles. The number of hydrogen-bond acceptors (Lipinski definition) is 2. The molecule has 0 spiro atoms. The van der Waals surface area contributed by atoms with Crippen LogP contribution < -0.4 is 0 Å². The van der Waals surface area contributed by atoms with Crippen LogP contribution in [0, 0.1) is 11.2 Å². The summed E-state index contributed by atoms with van der Waals surface area (Å²) in [6.45, 7) is 10.3. The average Bonchev–Trinajstić information content (AvgIpc) is 2.37. The second kappa shape index (κ2) is 6.56. The van der Waals surface area contributed by atoms with E-state index in [1.807, 2.05) is 11.0 Å². The maximum absolute atomic E-state index is 13.2. The van der Waals surface area contributed by atoms with Crippen LogP contribution in [0.2, 0.25) is 0 Å². The van der Waals surface area contributed by atoms with Gasteiger partial charge in [-0.1, -0.05) is 32.9 Å². The molecule has 1 aromatic rings. The van der Waals surface area contributed by atoms with Crippen LogP contribution in [-0.2, 0) is 11.3 Å². The minimum absolute atomic E-state index is 0.0375. The standard InChI is InChI=1S/C17H25FN2O/c1-17(2,3)12-16(21)20-9-7-19(8-10-20)13-14-5-4-6-15(18)11-14/h4-6,11H,7-10,12-13H2,1-3H3. The van der Waals surface area contributed by atoms with Crippen LogP contribution in [0.5, 0.6) is 0 Å². The van der Waals surface area contributed by atoms with Crippen LogP contribution in [0.3, 0.4) is 0 Å². The van der Waals surface area contributed by atoms with Crippen molar-refractivity contribution in [3.63, 3.8) is 0 Å². The predicted octanol–water partition coefficient (Wildman–Crippen LogP) is 2.91. The van der Waals surface area contributed by atoms with E-state index < -0.39 is 0 Å². The quantitative estimate of drug-likeness (QED) is 0.855. The summed E-state index contributed by atoms with van der Waals surface area (Å²) in [6, 6.07) is 6.73. The number of halogens is 1. The molecule has 1 amide bonds. The molecule has 0 saturated carbocycles. The highest BCUT2D eigenvalue weighted by molar-refractivity contribution is 5.76. The lowest BCUT2D eigenvalue weighted by atomic mass is 9.91. The molecule has 0 atom stereocenters. The fraction of sp³-hybridized carbons (Fsp3) is 0.588. The van der Waals surface area contributed by atoms with E-state index in [1.165, 1.54) is 6.07 Å². The lowest BCUT2D eigenvalue weighted by molar-refractivity contribution is -0.134. The van der Waals surface area contributed by atoms with Gasteiger partial charge in [-0.2, -0.15) is 0 Å². The SMILES string of the molecule is CC(C)(C)CC(=O)N1CCN(Cc2cccc(F)c2)CC1. The third-order valence-electron chi connectivity index (χ3n) is 3.70. The first-order valence-electron chi connectivity index (χ1n) is 7.58. The molecule has 0 aromatic heterocycles. The molecule has 2 rings (SSSR count). The maximum atomic E-state index is 13.2. The van der Waals surface area contributed by atoms with Gasteiger partial charge in [0.15, 0.2) is 0 Å². The Kier molecular flexibility index (Phi) is 4.99. The Morgan fingerprint density at radius 3 is 2.43 bits per heavy atom. The number of carbonyl (C=O) groups is 1. The van der Waals surface area contributed by atoms with Gasteiger partial charge in [0.25, 0.3) is 0 Å². The predicted molar refractivity (Wildman–Crippen MR) is 82.3 cm³/mol. The zero-order chi connectivity index (χ0) is 15.5. The molecule has 0 unspecified atom stereocenters. The van der Waals surface area contributed by atoms with Crippen LogP contribution in [-0.4, -0.2) is 41.9 Å². The summed E-state index contributed by atoms with van der Waals surface area (Å²) in [5, 5.41) is 0. The van der Waals surface area contributed by atoms with Crippen molar-refractivity contribution in [3.05, 3.63) is 35.6 Å². The summed E-state index contributed by atoms with van der Waals surface area (Å²) in [6.07, 6.45) is 0.594. The minimum Gasteiger partial charge on any atom is -0.340 e.